The lowest BCUT2D eigenvalue weighted by Crippen LogP contribution is -2.44. The Morgan fingerprint density at radius 2 is 1.90 bits per heavy atom. The van der Waals surface area contributed by atoms with Gasteiger partial charge in [0.1, 0.15) is 17.3 Å². The molecule has 2 aromatic carbocycles. The van der Waals surface area contributed by atoms with Gasteiger partial charge >= 0.3 is 5.69 Å². The van der Waals surface area contributed by atoms with E-state index in [1.165, 1.54) is 26.2 Å². The molecule has 2 heterocycles. The molecular formula is C28H25N5O6. The number of imide groups is 1. The standard InChI is InChI=1S/C28H25N5O6/c1-4-39-25-11-10-19(15-24(25)33(36)37)26-20(17-32(30-26)21-8-6-5-7-9-21)14-22-18(2)23(16-29)28(35)31(27(22)34)12-13-38-3/h5-11,14-15,17H,4,12-13H2,1-3H3/b22-14+. The van der Waals surface area contributed by atoms with E-state index in [1.54, 1.807) is 29.9 Å². The molecule has 0 radical (unpaired) electrons. The van der Waals surface area contributed by atoms with E-state index < -0.39 is 16.7 Å². The van der Waals surface area contributed by atoms with Crippen LogP contribution in [0.5, 0.6) is 5.75 Å². The smallest absolute Gasteiger partial charge is 0.311 e. The Kier molecular flexibility index (Phi) is 7.98. The highest BCUT2D eigenvalue weighted by Gasteiger charge is 2.35. The van der Waals surface area contributed by atoms with E-state index in [1.807, 2.05) is 36.4 Å². The maximum atomic E-state index is 13.4. The van der Waals surface area contributed by atoms with E-state index in [2.05, 4.69) is 5.10 Å². The molecule has 0 fully saturated rings. The Hall–Kier alpha value is -5.08. The van der Waals surface area contributed by atoms with Gasteiger partial charge < -0.3 is 9.47 Å². The van der Waals surface area contributed by atoms with Crippen molar-refractivity contribution in [1.29, 1.82) is 5.26 Å². The quantitative estimate of drug-likeness (QED) is 0.175. The largest absolute Gasteiger partial charge is 0.487 e. The summed E-state index contributed by atoms with van der Waals surface area (Å²) in [5, 5.41) is 26.1. The monoisotopic (exact) mass is 527 g/mol. The average molecular weight is 528 g/mol. The zero-order valence-electron chi connectivity index (χ0n) is 21.6. The molecule has 3 aromatic rings. The molecule has 2 amide bonds. The molecule has 0 atom stereocenters. The number of ether oxygens (including phenoxy) is 2. The molecular weight excluding hydrogens is 502 g/mol. The van der Waals surface area contributed by atoms with Crippen LogP contribution >= 0.6 is 0 Å². The Balaban J connectivity index is 1.93. The van der Waals surface area contributed by atoms with Crippen molar-refractivity contribution in [2.24, 2.45) is 0 Å². The molecule has 1 aliphatic rings. The van der Waals surface area contributed by atoms with Gasteiger partial charge in [-0.25, -0.2) is 4.68 Å². The first kappa shape index (κ1) is 27.0. The fraction of sp³-hybridized carbons (Fsp3) is 0.214. The number of aromatic nitrogens is 2. The number of methoxy groups -OCH3 is 1. The van der Waals surface area contributed by atoms with Crippen molar-refractivity contribution >= 4 is 23.6 Å². The van der Waals surface area contributed by atoms with Gasteiger partial charge in [-0.05, 0) is 49.8 Å². The van der Waals surface area contributed by atoms with Crippen molar-refractivity contribution in [2.45, 2.75) is 13.8 Å². The number of carbonyl (C=O) groups is 2. The number of rotatable bonds is 9. The summed E-state index contributed by atoms with van der Waals surface area (Å²) in [6.45, 7) is 3.61. The number of nitriles is 1. The molecule has 11 nitrogen and oxygen atoms in total. The van der Waals surface area contributed by atoms with Crippen LogP contribution in [-0.4, -0.2) is 58.3 Å². The summed E-state index contributed by atoms with van der Waals surface area (Å²) in [7, 11) is 1.45. The van der Waals surface area contributed by atoms with E-state index in [4.69, 9.17) is 9.47 Å². The highest BCUT2D eigenvalue weighted by Crippen LogP contribution is 2.35. The number of para-hydroxylation sites is 1. The molecule has 0 aliphatic carbocycles. The maximum absolute atomic E-state index is 13.4. The molecule has 11 heteroatoms. The number of amides is 2. The lowest BCUT2D eigenvalue weighted by molar-refractivity contribution is -0.385. The lowest BCUT2D eigenvalue weighted by Gasteiger charge is -2.27. The number of nitro groups is 1. The number of hydrogen-bond donors (Lipinski definition) is 0. The molecule has 0 N–H and O–H groups in total. The van der Waals surface area contributed by atoms with Crippen molar-refractivity contribution in [3.05, 3.63) is 87.1 Å². The number of hydrogen-bond acceptors (Lipinski definition) is 8. The lowest BCUT2D eigenvalue weighted by atomic mass is 9.93. The van der Waals surface area contributed by atoms with Gasteiger partial charge in [-0.3, -0.25) is 24.6 Å². The molecule has 39 heavy (non-hydrogen) atoms. The highest BCUT2D eigenvalue weighted by molar-refractivity contribution is 6.19. The number of benzene rings is 2. The van der Waals surface area contributed by atoms with Gasteiger partial charge in [-0.15, -0.1) is 0 Å². The van der Waals surface area contributed by atoms with Gasteiger partial charge in [0.25, 0.3) is 11.8 Å². The number of nitrogens with zero attached hydrogens (tertiary/aromatic N) is 5. The third-order valence-corrected chi connectivity index (χ3v) is 6.14. The molecule has 0 unspecified atom stereocenters. The minimum absolute atomic E-state index is 0.0226. The van der Waals surface area contributed by atoms with Crippen LogP contribution in [0.4, 0.5) is 5.69 Å². The molecule has 0 saturated heterocycles. The van der Waals surface area contributed by atoms with E-state index in [9.17, 15) is 25.0 Å². The third-order valence-electron chi connectivity index (χ3n) is 6.14. The predicted octanol–water partition coefficient (Wildman–Crippen LogP) is 4.08. The molecule has 1 aromatic heterocycles. The van der Waals surface area contributed by atoms with Gasteiger partial charge in [0.05, 0.1) is 30.4 Å². The van der Waals surface area contributed by atoms with E-state index in [0.717, 1.165) is 10.6 Å². The Morgan fingerprint density at radius 3 is 2.54 bits per heavy atom. The summed E-state index contributed by atoms with van der Waals surface area (Å²) in [5.41, 5.74) is 1.95. The van der Waals surface area contributed by atoms with Crippen LogP contribution in [0.2, 0.25) is 0 Å². The molecule has 0 saturated carbocycles. The fourth-order valence-corrected chi connectivity index (χ4v) is 4.19. The fourth-order valence-electron chi connectivity index (χ4n) is 4.19. The first-order valence-corrected chi connectivity index (χ1v) is 12.1. The van der Waals surface area contributed by atoms with Gasteiger partial charge in [0, 0.05) is 36.1 Å². The van der Waals surface area contributed by atoms with Crippen LogP contribution in [0.3, 0.4) is 0 Å². The number of carbonyl (C=O) groups excluding carboxylic acids is 2. The first-order chi connectivity index (χ1) is 18.8. The molecule has 0 spiro atoms. The second kappa shape index (κ2) is 11.5. The van der Waals surface area contributed by atoms with Gasteiger partial charge in [0.15, 0.2) is 5.75 Å². The van der Waals surface area contributed by atoms with Crippen molar-refractivity contribution in [1.82, 2.24) is 14.7 Å². The third kappa shape index (κ3) is 5.32. The molecule has 0 bridgehead atoms. The summed E-state index contributed by atoms with van der Waals surface area (Å²) < 4.78 is 12.0. The summed E-state index contributed by atoms with van der Waals surface area (Å²) in [5.74, 6) is -1.14. The van der Waals surface area contributed by atoms with Crippen LogP contribution in [0.15, 0.2) is 71.4 Å². The van der Waals surface area contributed by atoms with E-state index in [0.29, 0.717) is 16.8 Å². The second-order valence-electron chi connectivity index (χ2n) is 8.51. The van der Waals surface area contributed by atoms with Crippen LogP contribution in [-0.2, 0) is 14.3 Å². The van der Waals surface area contributed by atoms with Crippen molar-refractivity contribution in [2.75, 3.05) is 26.9 Å². The van der Waals surface area contributed by atoms with Crippen molar-refractivity contribution < 1.29 is 24.0 Å². The van der Waals surface area contributed by atoms with Crippen molar-refractivity contribution in [3.63, 3.8) is 0 Å². The number of nitro benzene ring substituents is 1. The summed E-state index contributed by atoms with van der Waals surface area (Å²) in [6, 6.07) is 15.6. The second-order valence-corrected chi connectivity index (χ2v) is 8.51. The van der Waals surface area contributed by atoms with Gasteiger partial charge in [-0.2, -0.15) is 10.4 Å². The molecule has 198 valence electrons. The minimum Gasteiger partial charge on any atom is -0.487 e. The first-order valence-electron chi connectivity index (χ1n) is 12.1. The van der Waals surface area contributed by atoms with Crippen LogP contribution in [0.25, 0.3) is 23.0 Å². The Labute approximate surface area is 224 Å². The normalized spacial score (nSPS) is 14.6. The molecule has 1 aliphatic heterocycles. The SMILES string of the molecule is CCOc1ccc(-c2nn(-c3ccccc3)cc2/C=C2/C(=O)N(CCOC)C(=O)C(C#N)=C2C)cc1[N+](=O)[O-]. The van der Waals surface area contributed by atoms with Gasteiger partial charge in [-0.1, -0.05) is 18.2 Å². The Bertz CT molecular complexity index is 1550. The van der Waals surface area contributed by atoms with Crippen molar-refractivity contribution in [3.8, 4) is 28.8 Å². The minimum atomic E-state index is -0.684. The zero-order valence-corrected chi connectivity index (χ0v) is 21.6. The summed E-state index contributed by atoms with van der Waals surface area (Å²) in [6.07, 6.45) is 3.23. The van der Waals surface area contributed by atoms with E-state index >= 15 is 0 Å². The summed E-state index contributed by atoms with van der Waals surface area (Å²) in [4.78, 5) is 38.4. The topological polar surface area (TPSA) is 141 Å². The highest BCUT2D eigenvalue weighted by atomic mass is 16.6. The van der Waals surface area contributed by atoms with Crippen LogP contribution in [0.1, 0.15) is 19.4 Å². The van der Waals surface area contributed by atoms with Crippen LogP contribution in [0, 0.1) is 21.4 Å². The van der Waals surface area contributed by atoms with Crippen LogP contribution < -0.4 is 4.74 Å². The Morgan fingerprint density at radius 1 is 1.15 bits per heavy atom. The average Bonchev–Trinajstić information content (AvgIpc) is 3.36. The maximum Gasteiger partial charge on any atom is 0.311 e. The summed E-state index contributed by atoms with van der Waals surface area (Å²) >= 11 is 0. The zero-order chi connectivity index (χ0) is 28.1. The molecule has 4 rings (SSSR count). The predicted molar refractivity (Wildman–Crippen MR) is 142 cm³/mol. The van der Waals surface area contributed by atoms with Gasteiger partial charge in [0.2, 0.25) is 0 Å². The van der Waals surface area contributed by atoms with E-state index in [-0.39, 0.29) is 47.9 Å².